The second-order valence-corrected chi connectivity index (χ2v) is 7.92. The number of urea groups is 1. The minimum atomic E-state index is -1.03. The van der Waals surface area contributed by atoms with Crippen molar-refractivity contribution in [3.63, 3.8) is 0 Å². The Kier molecular flexibility index (Phi) is 6.39. The zero-order valence-corrected chi connectivity index (χ0v) is 17.6. The van der Waals surface area contributed by atoms with Gasteiger partial charge in [0.15, 0.2) is 11.6 Å². The van der Waals surface area contributed by atoms with Crippen molar-refractivity contribution in [3.8, 4) is 6.19 Å². The lowest BCUT2D eigenvalue weighted by molar-refractivity contribution is 0.0938. The number of nitriles is 1. The topological polar surface area (TPSA) is 83.8 Å². The molecule has 0 saturated carbocycles. The largest absolute Gasteiger partial charge is 0.333 e. The highest BCUT2D eigenvalue weighted by Gasteiger charge is 2.38. The maximum Gasteiger partial charge on any atom is 0.321 e. The van der Waals surface area contributed by atoms with E-state index >= 15 is 0 Å². The van der Waals surface area contributed by atoms with Gasteiger partial charge in [-0.3, -0.25) is 0 Å². The van der Waals surface area contributed by atoms with Gasteiger partial charge in [-0.05, 0) is 44.5 Å². The molecule has 2 amide bonds. The van der Waals surface area contributed by atoms with Crippen molar-refractivity contribution >= 4 is 23.4 Å². The number of carbonyl (C=O) groups excluding carboxylic acids is 1. The van der Waals surface area contributed by atoms with Crippen LogP contribution in [0.2, 0.25) is 0 Å². The van der Waals surface area contributed by atoms with E-state index in [2.05, 4.69) is 15.6 Å². The van der Waals surface area contributed by atoms with Crippen molar-refractivity contribution in [1.82, 2.24) is 9.80 Å². The first-order chi connectivity index (χ1) is 14.7. The molecule has 7 nitrogen and oxygen atoms in total. The normalized spacial score (nSPS) is 15.9. The molecule has 1 heterocycles. The van der Waals surface area contributed by atoms with Crippen LogP contribution in [0.25, 0.3) is 0 Å². The van der Waals surface area contributed by atoms with Crippen molar-refractivity contribution in [3.05, 3.63) is 59.7 Å². The molecule has 0 bridgehead atoms. The van der Waals surface area contributed by atoms with Crippen molar-refractivity contribution in [2.24, 2.45) is 4.99 Å². The van der Waals surface area contributed by atoms with Gasteiger partial charge in [-0.2, -0.15) is 5.26 Å². The summed E-state index contributed by atoms with van der Waals surface area (Å²) >= 11 is 0. The highest BCUT2D eigenvalue weighted by atomic mass is 19.2. The third-order valence-electron chi connectivity index (χ3n) is 5.16. The lowest BCUT2D eigenvalue weighted by Crippen LogP contribution is -2.63. The van der Waals surface area contributed by atoms with Crippen LogP contribution in [0.15, 0.2) is 47.5 Å². The van der Waals surface area contributed by atoms with Crippen LogP contribution in [0.1, 0.15) is 19.4 Å². The minimum absolute atomic E-state index is 0.178. The summed E-state index contributed by atoms with van der Waals surface area (Å²) in [5.41, 5.74) is 1.48. The van der Waals surface area contributed by atoms with E-state index in [1.807, 2.05) is 56.1 Å². The summed E-state index contributed by atoms with van der Waals surface area (Å²) in [6, 6.07) is 10.5. The predicted octanol–water partition coefficient (Wildman–Crippen LogP) is 4.15. The Labute approximate surface area is 180 Å². The Bertz CT molecular complexity index is 1050. The smallest absolute Gasteiger partial charge is 0.321 e. The number of hydrogen-bond acceptors (Lipinski definition) is 3. The number of guanidine groups is 1. The summed E-state index contributed by atoms with van der Waals surface area (Å²) in [5.74, 6) is -1.59. The molecule has 1 aliphatic rings. The second-order valence-electron chi connectivity index (χ2n) is 7.92. The number of anilines is 2. The van der Waals surface area contributed by atoms with Gasteiger partial charge in [0.2, 0.25) is 12.2 Å². The van der Waals surface area contributed by atoms with Crippen molar-refractivity contribution in [2.75, 3.05) is 30.3 Å². The molecule has 0 radical (unpaired) electrons. The van der Waals surface area contributed by atoms with Crippen molar-refractivity contribution < 1.29 is 13.6 Å². The lowest BCUT2D eigenvalue weighted by atomic mass is 9.99. The number of rotatable bonds is 2. The molecular formula is C22H24F2N6O. The fourth-order valence-electron chi connectivity index (χ4n) is 3.53. The van der Waals surface area contributed by atoms with Gasteiger partial charge >= 0.3 is 6.03 Å². The molecule has 162 valence electrons. The molecule has 0 atom stereocenters. The quantitative estimate of drug-likeness (QED) is 0.429. The second kappa shape index (κ2) is 9.00. The van der Waals surface area contributed by atoms with E-state index in [0.29, 0.717) is 25.6 Å². The summed E-state index contributed by atoms with van der Waals surface area (Å²) < 4.78 is 26.5. The first kappa shape index (κ1) is 22.0. The first-order valence-corrected chi connectivity index (χ1v) is 9.79. The number of hydrogen-bond donors (Lipinski definition) is 2. The zero-order chi connectivity index (χ0) is 22.6. The molecule has 31 heavy (non-hydrogen) atoms. The van der Waals surface area contributed by atoms with Crippen LogP contribution in [-0.4, -0.2) is 47.0 Å². The van der Waals surface area contributed by atoms with E-state index < -0.39 is 23.2 Å². The summed E-state index contributed by atoms with van der Waals surface area (Å²) in [6.45, 7) is 6.96. The van der Waals surface area contributed by atoms with Gasteiger partial charge in [0.05, 0.1) is 5.54 Å². The number of nitrogens with one attached hydrogen (secondary N) is 2. The zero-order valence-electron chi connectivity index (χ0n) is 17.6. The standard InChI is InChI=1S/C22H24F2N6O/c1-15-6-4-5-7-19(15)28-20(26-14-25)30-11-10-29(13-22(30,2)3)21(31)27-16-8-9-17(23)18(24)12-16/h4-9,12H,10-11,13H2,1-3H3,(H,26,28)(H,27,31). The van der Waals surface area contributed by atoms with Gasteiger partial charge in [-0.15, -0.1) is 4.99 Å². The van der Waals surface area contributed by atoms with Crippen molar-refractivity contribution in [2.45, 2.75) is 26.3 Å². The Morgan fingerprint density at radius 3 is 2.52 bits per heavy atom. The van der Waals surface area contributed by atoms with E-state index in [1.54, 1.807) is 4.90 Å². The summed E-state index contributed by atoms with van der Waals surface area (Å²) in [5, 5.41) is 15.0. The highest BCUT2D eigenvalue weighted by molar-refractivity contribution is 5.96. The van der Waals surface area contributed by atoms with E-state index in [-0.39, 0.29) is 5.69 Å². The summed E-state index contributed by atoms with van der Waals surface area (Å²) in [6.07, 6.45) is 1.84. The number of piperazine rings is 1. The monoisotopic (exact) mass is 426 g/mol. The molecular weight excluding hydrogens is 402 g/mol. The Hall–Kier alpha value is -3.67. The number of aliphatic imine (C=N–C) groups is 1. The van der Waals surface area contributed by atoms with Crippen LogP contribution >= 0.6 is 0 Å². The van der Waals surface area contributed by atoms with Crippen LogP contribution in [0, 0.1) is 30.0 Å². The number of amides is 2. The van der Waals surface area contributed by atoms with E-state index in [1.165, 1.54) is 6.07 Å². The van der Waals surface area contributed by atoms with Crippen LogP contribution in [0.5, 0.6) is 0 Å². The van der Waals surface area contributed by atoms with E-state index in [9.17, 15) is 18.8 Å². The SMILES string of the molecule is Cc1ccccc1N/C(=N/C#N)N1CCN(C(=O)Nc2ccc(F)c(F)c2)CC1(C)C. The molecule has 1 saturated heterocycles. The molecule has 2 aromatic rings. The molecule has 1 aliphatic heterocycles. The fraction of sp³-hybridized carbons (Fsp3) is 0.318. The van der Waals surface area contributed by atoms with Gasteiger partial charge in [0.1, 0.15) is 0 Å². The van der Waals surface area contributed by atoms with Gasteiger partial charge < -0.3 is 20.4 Å². The molecule has 2 N–H and O–H groups in total. The average molecular weight is 426 g/mol. The molecule has 0 aliphatic carbocycles. The Balaban J connectivity index is 1.72. The summed E-state index contributed by atoms with van der Waals surface area (Å²) in [7, 11) is 0. The number of nitrogens with zero attached hydrogens (tertiary/aromatic N) is 4. The molecule has 2 aromatic carbocycles. The molecule has 9 heteroatoms. The Morgan fingerprint density at radius 2 is 1.87 bits per heavy atom. The Morgan fingerprint density at radius 1 is 1.13 bits per heavy atom. The lowest BCUT2D eigenvalue weighted by Gasteiger charge is -2.48. The number of benzene rings is 2. The number of aryl methyl sites for hydroxylation is 1. The minimum Gasteiger partial charge on any atom is -0.333 e. The van der Waals surface area contributed by atoms with Crippen LogP contribution in [0.3, 0.4) is 0 Å². The van der Waals surface area contributed by atoms with Crippen LogP contribution in [-0.2, 0) is 0 Å². The maximum atomic E-state index is 13.4. The van der Waals surface area contributed by atoms with Gasteiger partial charge in [0, 0.05) is 37.1 Å². The summed E-state index contributed by atoms with van der Waals surface area (Å²) in [4.78, 5) is 20.2. The average Bonchev–Trinajstić information content (AvgIpc) is 2.71. The van der Waals surface area contributed by atoms with Gasteiger partial charge in [-0.25, -0.2) is 13.6 Å². The molecule has 0 spiro atoms. The molecule has 0 unspecified atom stereocenters. The van der Waals surface area contributed by atoms with Crippen LogP contribution < -0.4 is 10.6 Å². The van der Waals surface area contributed by atoms with Crippen molar-refractivity contribution in [1.29, 1.82) is 5.26 Å². The number of halogens is 2. The highest BCUT2D eigenvalue weighted by Crippen LogP contribution is 2.24. The van der Waals surface area contributed by atoms with Gasteiger partial charge in [-0.1, -0.05) is 18.2 Å². The van der Waals surface area contributed by atoms with Crippen LogP contribution in [0.4, 0.5) is 25.0 Å². The first-order valence-electron chi connectivity index (χ1n) is 9.79. The molecule has 0 aromatic heterocycles. The number of carbonyl (C=O) groups is 1. The van der Waals surface area contributed by atoms with E-state index in [0.717, 1.165) is 23.4 Å². The van der Waals surface area contributed by atoms with Gasteiger partial charge in [0.25, 0.3) is 0 Å². The third kappa shape index (κ3) is 5.09. The fourth-order valence-corrected chi connectivity index (χ4v) is 3.53. The third-order valence-corrected chi connectivity index (χ3v) is 5.16. The maximum absolute atomic E-state index is 13.4. The predicted molar refractivity (Wildman–Crippen MR) is 116 cm³/mol. The molecule has 3 rings (SSSR count). The number of para-hydroxylation sites is 1. The molecule has 1 fully saturated rings. The van der Waals surface area contributed by atoms with E-state index in [4.69, 9.17) is 0 Å².